The molecule has 4 nitrogen and oxygen atoms in total. The minimum atomic E-state index is -3.67. The number of benzene rings is 1. The van der Waals surface area contributed by atoms with E-state index in [1.807, 2.05) is 0 Å². The quantitative estimate of drug-likeness (QED) is 0.772. The zero-order valence-corrected chi connectivity index (χ0v) is 8.18. The number of hydrogen-bond donors (Lipinski definition) is 1. The van der Waals surface area contributed by atoms with Gasteiger partial charge in [0.1, 0.15) is 5.75 Å². The van der Waals surface area contributed by atoms with Crippen LogP contribution in [0.4, 0.5) is 0 Å². The summed E-state index contributed by atoms with van der Waals surface area (Å²) in [6.07, 6.45) is 0. The summed E-state index contributed by atoms with van der Waals surface area (Å²) in [7, 11) is -3.67. The highest BCUT2D eigenvalue weighted by Crippen LogP contribution is 2.16. The van der Waals surface area contributed by atoms with Crippen molar-refractivity contribution in [2.75, 3.05) is 6.07 Å². The van der Waals surface area contributed by atoms with Crippen LogP contribution in [0, 0.1) is 0 Å². The molecule has 0 amide bonds. The molecule has 72 valence electrons. The number of ether oxygens (including phenoxy) is 1. The summed E-state index contributed by atoms with van der Waals surface area (Å²) in [4.78, 5) is 0.00937. The van der Waals surface area contributed by atoms with Gasteiger partial charge >= 0.3 is 0 Å². The first-order valence-electron chi connectivity index (χ1n) is 3.35. The number of hydrogen-bond acceptors (Lipinski definition) is 3. The minimum absolute atomic E-state index is 0.00937. The number of primary sulfonamides is 1. The molecule has 0 radical (unpaired) electrons. The van der Waals surface area contributed by atoms with Crippen molar-refractivity contribution in [3.8, 4) is 5.75 Å². The molecule has 0 aliphatic rings. The number of halogens is 1. The van der Waals surface area contributed by atoms with Crippen molar-refractivity contribution in [3.05, 3.63) is 24.3 Å². The molecule has 1 aromatic rings. The topological polar surface area (TPSA) is 69.4 Å². The van der Waals surface area contributed by atoms with Crippen molar-refractivity contribution in [3.63, 3.8) is 0 Å². The van der Waals surface area contributed by atoms with E-state index in [4.69, 9.17) is 21.5 Å². The molecule has 0 saturated carbocycles. The molecule has 0 aliphatic carbocycles. The summed E-state index contributed by atoms with van der Waals surface area (Å²) in [6.45, 7) is 0. The van der Waals surface area contributed by atoms with Crippen LogP contribution in [0.15, 0.2) is 29.2 Å². The average molecular weight is 222 g/mol. The number of nitrogens with two attached hydrogens (primary N) is 1. The van der Waals surface area contributed by atoms with Crippen molar-refractivity contribution < 1.29 is 13.2 Å². The van der Waals surface area contributed by atoms with Crippen molar-refractivity contribution in [1.82, 2.24) is 0 Å². The minimum Gasteiger partial charge on any atom is -0.478 e. The molecule has 2 N–H and O–H groups in total. The first-order valence-corrected chi connectivity index (χ1v) is 5.44. The first kappa shape index (κ1) is 10.3. The second-order valence-electron chi connectivity index (χ2n) is 2.27. The summed E-state index contributed by atoms with van der Waals surface area (Å²) in [6, 6.07) is 5.79. The van der Waals surface area contributed by atoms with Crippen LogP contribution in [0.3, 0.4) is 0 Å². The molecule has 1 aromatic carbocycles. The second-order valence-corrected chi connectivity index (χ2v) is 4.05. The maximum Gasteiger partial charge on any atom is 0.238 e. The summed E-state index contributed by atoms with van der Waals surface area (Å²) < 4.78 is 26.6. The fraction of sp³-hybridized carbons (Fsp3) is 0.143. The second kappa shape index (κ2) is 3.95. The summed E-state index contributed by atoms with van der Waals surface area (Å²) in [5, 5.41) is 4.91. The Bertz CT molecular complexity index is 390. The maximum absolute atomic E-state index is 10.9. The van der Waals surface area contributed by atoms with Gasteiger partial charge in [-0.3, -0.25) is 0 Å². The predicted molar refractivity (Wildman–Crippen MR) is 49.2 cm³/mol. The smallest absolute Gasteiger partial charge is 0.238 e. The monoisotopic (exact) mass is 221 g/mol. The fourth-order valence-electron chi connectivity index (χ4n) is 0.804. The van der Waals surface area contributed by atoms with Gasteiger partial charge in [-0.2, -0.15) is 0 Å². The summed E-state index contributed by atoms with van der Waals surface area (Å²) >= 11 is 5.30. The lowest BCUT2D eigenvalue weighted by molar-refractivity contribution is 0.387. The molecular weight excluding hydrogens is 214 g/mol. The Morgan fingerprint density at radius 2 is 2.15 bits per heavy atom. The van der Waals surface area contributed by atoms with Crippen molar-refractivity contribution in [2.45, 2.75) is 4.90 Å². The van der Waals surface area contributed by atoms with Crippen LogP contribution in [-0.2, 0) is 10.0 Å². The Kier molecular flexibility index (Phi) is 3.13. The predicted octanol–water partition coefficient (Wildman–Crippen LogP) is 0.909. The third-order valence-electron chi connectivity index (χ3n) is 1.36. The van der Waals surface area contributed by atoms with Crippen LogP contribution in [0.2, 0.25) is 0 Å². The lowest BCUT2D eigenvalue weighted by Crippen LogP contribution is -2.12. The molecule has 0 bridgehead atoms. The Morgan fingerprint density at radius 1 is 1.46 bits per heavy atom. The lowest BCUT2D eigenvalue weighted by atomic mass is 10.3. The third-order valence-corrected chi connectivity index (χ3v) is 2.38. The molecule has 13 heavy (non-hydrogen) atoms. The summed E-state index contributed by atoms with van der Waals surface area (Å²) in [5.74, 6) is 0.376. The van der Waals surface area contributed by atoms with E-state index in [2.05, 4.69) is 0 Å². The Labute approximate surface area is 81.3 Å². The molecule has 0 heterocycles. The van der Waals surface area contributed by atoms with E-state index >= 15 is 0 Å². The SMILES string of the molecule is NS(=O)(=O)c1cccc(OCCl)c1. The van der Waals surface area contributed by atoms with Crippen LogP contribution in [-0.4, -0.2) is 14.5 Å². The molecule has 0 aliphatic heterocycles. The third kappa shape index (κ3) is 2.87. The van der Waals surface area contributed by atoms with E-state index in [0.717, 1.165) is 0 Å². The number of alkyl halides is 1. The molecule has 0 unspecified atom stereocenters. The van der Waals surface area contributed by atoms with Gasteiger partial charge in [0.05, 0.1) is 4.90 Å². The van der Waals surface area contributed by atoms with Crippen LogP contribution in [0.1, 0.15) is 0 Å². The molecule has 0 aromatic heterocycles. The number of rotatable bonds is 3. The van der Waals surface area contributed by atoms with Gasteiger partial charge < -0.3 is 4.74 Å². The van der Waals surface area contributed by atoms with Gasteiger partial charge in [-0.15, -0.1) is 0 Å². The van der Waals surface area contributed by atoms with Crippen molar-refractivity contribution in [1.29, 1.82) is 0 Å². The van der Waals surface area contributed by atoms with Gasteiger partial charge in [0.25, 0.3) is 0 Å². The van der Waals surface area contributed by atoms with E-state index < -0.39 is 10.0 Å². The maximum atomic E-state index is 10.9. The van der Waals surface area contributed by atoms with Gasteiger partial charge in [-0.1, -0.05) is 17.7 Å². The van der Waals surface area contributed by atoms with Gasteiger partial charge in [-0.25, -0.2) is 13.6 Å². The van der Waals surface area contributed by atoms with Crippen LogP contribution in [0.5, 0.6) is 5.75 Å². The highest BCUT2D eigenvalue weighted by molar-refractivity contribution is 7.89. The zero-order chi connectivity index (χ0) is 9.90. The molecule has 0 saturated heterocycles. The van der Waals surface area contributed by atoms with E-state index in [9.17, 15) is 8.42 Å². The molecule has 6 heteroatoms. The summed E-state index contributed by atoms with van der Waals surface area (Å²) in [5.41, 5.74) is 0. The van der Waals surface area contributed by atoms with Crippen molar-refractivity contribution in [2.24, 2.45) is 5.14 Å². The van der Waals surface area contributed by atoms with Crippen molar-refractivity contribution >= 4 is 21.6 Å². The van der Waals surface area contributed by atoms with Crippen LogP contribution >= 0.6 is 11.6 Å². The Morgan fingerprint density at radius 3 is 2.69 bits per heavy atom. The molecule has 1 rings (SSSR count). The molecule has 0 atom stereocenters. The first-order chi connectivity index (χ1) is 6.04. The zero-order valence-electron chi connectivity index (χ0n) is 6.60. The Hall–Kier alpha value is -0.780. The molecule has 0 spiro atoms. The molecular formula is C7H8ClNO3S. The fourth-order valence-corrected chi connectivity index (χ4v) is 1.48. The average Bonchev–Trinajstić information content (AvgIpc) is 2.04. The molecule has 0 fully saturated rings. The normalized spacial score (nSPS) is 11.2. The van der Waals surface area contributed by atoms with E-state index in [-0.39, 0.29) is 11.0 Å². The van der Waals surface area contributed by atoms with E-state index in [0.29, 0.717) is 5.75 Å². The van der Waals surface area contributed by atoms with Gasteiger partial charge in [0.2, 0.25) is 10.0 Å². The van der Waals surface area contributed by atoms with Gasteiger partial charge in [-0.05, 0) is 12.1 Å². The van der Waals surface area contributed by atoms with E-state index in [1.54, 1.807) is 6.07 Å². The largest absolute Gasteiger partial charge is 0.478 e. The Balaban J connectivity index is 3.06. The van der Waals surface area contributed by atoms with Gasteiger partial charge in [0, 0.05) is 6.07 Å². The van der Waals surface area contributed by atoms with E-state index in [1.165, 1.54) is 18.2 Å². The highest BCUT2D eigenvalue weighted by atomic mass is 35.5. The van der Waals surface area contributed by atoms with Crippen LogP contribution in [0.25, 0.3) is 0 Å². The van der Waals surface area contributed by atoms with Gasteiger partial charge in [0.15, 0.2) is 6.07 Å². The highest BCUT2D eigenvalue weighted by Gasteiger charge is 2.07. The van der Waals surface area contributed by atoms with Crippen LogP contribution < -0.4 is 9.88 Å². The standard InChI is InChI=1S/C7H8ClNO3S/c8-5-12-6-2-1-3-7(4-6)13(9,10)11/h1-4H,5H2,(H2,9,10,11). The lowest BCUT2D eigenvalue weighted by Gasteiger charge is -2.02. The number of sulfonamides is 1.